The minimum absolute atomic E-state index is 0.0269. The summed E-state index contributed by atoms with van der Waals surface area (Å²) in [5.41, 5.74) is 0.526. The maximum atomic E-state index is 12.5. The fourth-order valence-electron chi connectivity index (χ4n) is 2.25. The second-order valence-corrected chi connectivity index (χ2v) is 6.63. The van der Waals surface area contributed by atoms with Crippen LogP contribution in [0.3, 0.4) is 0 Å². The van der Waals surface area contributed by atoms with Crippen LogP contribution in [-0.4, -0.2) is 26.1 Å². The van der Waals surface area contributed by atoms with E-state index in [9.17, 15) is 18.0 Å². The van der Waals surface area contributed by atoms with E-state index in [1.54, 1.807) is 6.07 Å². The summed E-state index contributed by atoms with van der Waals surface area (Å²) in [6.07, 6.45) is 0. The quantitative estimate of drug-likeness (QED) is 0.513. The Balaban J connectivity index is 2.03. The zero-order valence-corrected chi connectivity index (χ0v) is 14.1. The molecular weight excluding hydrogens is 350 g/mol. The topological polar surface area (TPSA) is 105 Å². The van der Waals surface area contributed by atoms with E-state index in [1.807, 2.05) is 0 Å². The van der Waals surface area contributed by atoms with Crippen molar-refractivity contribution in [2.24, 2.45) is 7.05 Å². The van der Waals surface area contributed by atoms with Crippen molar-refractivity contribution in [3.05, 3.63) is 58.6 Å². The number of para-hydroxylation sites is 1. The number of methoxy groups -OCH3 is 1. The van der Waals surface area contributed by atoms with Crippen LogP contribution in [0.2, 0.25) is 0 Å². The predicted octanol–water partition coefficient (Wildman–Crippen LogP) is 1.69. The van der Waals surface area contributed by atoms with Crippen molar-refractivity contribution in [3.8, 4) is 5.75 Å². The van der Waals surface area contributed by atoms with Gasteiger partial charge in [0.25, 0.3) is 0 Å². The highest BCUT2D eigenvalue weighted by Gasteiger charge is 2.22. The molecule has 25 heavy (non-hydrogen) atoms. The second kappa shape index (κ2) is 6.10. The molecule has 0 radical (unpaired) electrons. The third kappa shape index (κ3) is 3.01. The molecule has 0 aliphatic rings. The number of aromatic nitrogens is 1. The van der Waals surface area contributed by atoms with Gasteiger partial charge in [-0.05, 0) is 24.3 Å². The highest BCUT2D eigenvalue weighted by atomic mass is 32.2. The molecule has 0 bridgehead atoms. The largest absolute Gasteiger partial charge is 0.465 e. The lowest BCUT2D eigenvalue weighted by atomic mass is 10.2. The number of ether oxygens (including phenoxy) is 1. The predicted molar refractivity (Wildman–Crippen MR) is 87.1 cm³/mol. The van der Waals surface area contributed by atoms with Crippen molar-refractivity contribution in [1.82, 2.24) is 4.57 Å². The Bertz CT molecular complexity index is 1120. The van der Waals surface area contributed by atoms with Crippen LogP contribution in [0.15, 0.2) is 56.6 Å². The fraction of sp³-hybridized carbons (Fsp3) is 0.125. The molecule has 3 aromatic rings. The monoisotopic (exact) mass is 363 g/mol. The Morgan fingerprint density at radius 2 is 1.88 bits per heavy atom. The lowest BCUT2D eigenvalue weighted by Gasteiger charge is -2.10. The van der Waals surface area contributed by atoms with Crippen LogP contribution in [-0.2, 0) is 21.9 Å². The molecule has 8 nitrogen and oxygen atoms in total. The van der Waals surface area contributed by atoms with Gasteiger partial charge in [-0.2, -0.15) is 8.42 Å². The number of carbonyl (C=O) groups is 1. The Labute approximate surface area is 142 Å². The van der Waals surface area contributed by atoms with Gasteiger partial charge in [0, 0.05) is 13.1 Å². The van der Waals surface area contributed by atoms with E-state index in [0.29, 0.717) is 5.52 Å². The van der Waals surface area contributed by atoms with Crippen molar-refractivity contribution >= 4 is 27.2 Å². The van der Waals surface area contributed by atoms with Crippen LogP contribution < -0.4 is 9.94 Å². The molecular formula is C16H13NO7S. The molecule has 0 aliphatic heterocycles. The standard InChI is InChI=1S/C16H13NO7S/c1-17-12-8-7-10(9-14(12)23-16(17)19)25(20,21)24-13-6-4-3-5-11(13)15(18)22-2/h3-9H,1-2H3. The summed E-state index contributed by atoms with van der Waals surface area (Å²) in [6.45, 7) is 0. The van der Waals surface area contributed by atoms with Crippen LogP contribution in [0.4, 0.5) is 0 Å². The molecule has 0 atom stereocenters. The SMILES string of the molecule is COC(=O)c1ccccc1OS(=O)(=O)c1ccc2c(c1)oc(=O)n2C. The molecule has 0 saturated carbocycles. The minimum atomic E-state index is -4.25. The van der Waals surface area contributed by atoms with Gasteiger partial charge in [-0.25, -0.2) is 9.59 Å². The van der Waals surface area contributed by atoms with E-state index in [0.717, 1.165) is 0 Å². The first kappa shape index (κ1) is 16.8. The van der Waals surface area contributed by atoms with Crippen LogP contribution >= 0.6 is 0 Å². The van der Waals surface area contributed by atoms with Crippen molar-refractivity contribution in [2.75, 3.05) is 7.11 Å². The molecule has 0 amide bonds. The number of esters is 1. The lowest BCUT2D eigenvalue weighted by molar-refractivity contribution is 0.0599. The summed E-state index contributed by atoms with van der Waals surface area (Å²) in [5.74, 6) is -1.50. The van der Waals surface area contributed by atoms with Gasteiger partial charge >= 0.3 is 21.8 Å². The zero-order chi connectivity index (χ0) is 18.2. The van der Waals surface area contributed by atoms with E-state index in [-0.39, 0.29) is 21.8 Å². The maximum absolute atomic E-state index is 12.5. The molecule has 130 valence electrons. The molecule has 0 spiro atoms. The summed E-state index contributed by atoms with van der Waals surface area (Å²) in [6, 6.07) is 9.71. The number of aryl methyl sites for hydroxylation is 1. The summed E-state index contributed by atoms with van der Waals surface area (Å²) >= 11 is 0. The van der Waals surface area contributed by atoms with E-state index in [4.69, 9.17) is 8.60 Å². The van der Waals surface area contributed by atoms with Gasteiger partial charge in [-0.1, -0.05) is 12.1 Å². The molecule has 9 heteroatoms. The number of hydrogen-bond acceptors (Lipinski definition) is 7. The number of fused-ring (bicyclic) bond motifs is 1. The third-order valence-electron chi connectivity index (χ3n) is 3.54. The Morgan fingerprint density at radius 3 is 2.60 bits per heavy atom. The van der Waals surface area contributed by atoms with Gasteiger partial charge in [-0.3, -0.25) is 4.57 Å². The first-order chi connectivity index (χ1) is 11.8. The van der Waals surface area contributed by atoms with Gasteiger partial charge in [0.1, 0.15) is 10.5 Å². The maximum Gasteiger partial charge on any atom is 0.419 e. The van der Waals surface area contributed by atoms with E-state index >= 15 is 0 Å². The molecule has 1 heterocycles. The highest BCUT2D eigenvalue weighted by molar-refractivity contribution is 7.87. The van der Waals surface area contributed by atoms with Gasteiger partial charge < -0.3 is 13.3 Å². The van der Waals surface area contributed by atoms with Crippen LogP contribution in [0.5, 0.6) is 5.75 Å². The highest BCUT2D eigenvalue weighted by Crippen LogP contribution is 2.25. The molecule has 2 aromatic carbocycles. The lowest BCUT2D eigenvalue weighted by Crippen LogP contribution is -2.13. The first-order valence-corrected chi connectivity index (χ1v) is 8.46. The number of oxazole rings is 1. The van der Waals surface area contributed by atoms with Crippen molar-refractivity contribution in [3.63, 3.8) is 0 Å². The Kier molecular flexibility index (Phi) is 4.09. The Hall–Kier alpha value is -3.07. The molecule has 0 N–H and O–H groups in total. The number of carbonyl (C=O) groups excluding carboxylic acids is 1. The second-order valence-electron chi connectivity index (χ2n) is 5.08. The van der Waals surface area contributed by atoms with Crippen LogP contribution in [0, 0.1) is 0 Å². The number of benzene rings is 2. The van der Waals surface area contributed by atoms with Gasteiger partial charge in [0.05, 0.1) is 12.6 Å². The minimum Gasteiger partial charge on any atom is -0.465 e. The molecule has 1 aromatic heterocycles. The summed E-state index contributed by atoms with van der Waals surface area (Å²) in [5, 5.41) is 0. The smallest absolute Gasteiger partial charge is 0.419 e. The molecule has 0 unspecified atom stereocenters. The molecule has 0 fully saturated rings. The normalized spacial score (nSPS) is 11.4. The van der Waals surface area contributed by atoms with Gasteiger partial charge in [0.2, 0.25) is 0 Å². The van der Waals surface area contributed by atoms with E-state index in [1.165, 1.54) is 55.1 Å². The number of hydrogen-bond donors (Lipinski definition) is 0. The van der Waals surface area contributed by atoms with Crippen LogP contribution in [0.1, 0.15) is 10.4 Å². The zero-order valence-electron chi connectivity index (χ0n) is 13.3. The summed E-state index contributed by atoms with van der Waals surface area (Å²) < 4.78 is 40.9. The van der Waals surface area contributed by atoms with Crippen LogP contribution in [0.25, 0.3) is 11.1 Å². The average molecular weight is 363 g/mol. The first-order valence-electron chi connectivity index (χ1n) is 7.05. The number of nitrogens with zero attached hydrogens (tertiary/aromatic N) is 1. The van der Waals surface area contributed by atoms with Crippen molar-refractivity contribution in [2.45, 2.75) is 4.90 Å². The van der Waals surface area contributed by atoms with E-state index < -0.39 is 21.8 Å². The Morgan fingerprint density at radius 1 is 1.16 bits per heavy atom. The van der Waals surface area contributed by atoms with Gasteiger partial charge in [-0.15, -0.1) is 0 Å². The average Bonchev–Trinajstić information content (AvgIpc) is 2.88. The summed E-state index contributed by atoms with van der Waals surface area (Å²) in [7, 11) is -1.57. The third-order valence-corrected chi connectivity index (χ3v) is 4.77. The van der Waals surface area contributed by atoms with Gasteiger partial charge in [0.15, 0.2) is 11.3 Å². The van der Waals surface area contributed by atoms with E-state index in [2.05, 4.69) is 4.74 Å². The number of rotatable bonds is 4. The van der Waals surface area contributed by atoms with Crippen molar-refractivity contribution in [1.29, 1.82) is 0 Å². The molecule has 0 saturated heterocycles. The summed E-state index contributed by atoms with van der Waals surface area (Å²) in [4.78, 5) is 23.0. The molecule has 3 rings (SSSR count). The fourth-order valence-corrected chi connectivity index (χ4v) is 3.22. The molecule has 0 aliphatic carbocycles. The van der Waals surface area contributed by atoms with Crippen molar-refractivity contribution < 1.29 is 26.5 Å².